The van der Waals surface area contributed by atoms with Gasteiger partial charge in [0.05, 0.1) is 11.4 Å². The minimum Gasteiger partial charge on any atom is -0.487 e. The first-order chi connectivity index (χ1) is 8.24. The number of aryl methyl sites for hydroxylation is 2. The van der Waals surface area contributed by atoms with Crippen LogP contribution in [0.15, 0.2) is 18.2 Å². The van der Waals surface area contributed by atoms with Gasteiger partial charge in [0.1, 0.15) is 18.2 Å². The van der Waals surface area contributed by atoms with E-state index in [4.69, 9.17) is 4.74 Å². The van der Waals surface area contributed by atoms with Gasteiger partial charge in [0, 0.05) is 5.56 Å². The molecule has 3 rings (SSSR count). The molecule has 3 heteroatoms. The van der Waals surface area contributed by atoms with Crippen LogP contribution in [0.4, 0.5) is 0 Å². The molecule has 2 heterocycles. The number of hydrogen-bond donors (Lipinski definition) is 1. The Morgan fingerprint density at radius 3 is 2.76 bits per heavy atom. The number of hydrogen-bond acceptors (Lipinski definition) is 2. The third-order valence-corrected chi connectivity index (χ3v) is 2.66. The summed E-state index contributed by atoms with van der Waals surface area (Å²) >= 11 is 0. The minimum atomic E-state index is 0.590. The average molecular weight is 230 g/mol. The Kier molecular flexibility index (Phi) is 3.18. The predicted octanol–water partition coefficient (Wildman–Crippen LogP) is 3.61. The number of ether oxygens (including phenoxy) is 1. The summed E-state index contributed by atoms with van der Waals surface area (Å²) in [5, 5.41) is 0. The zero-order chi connectivity index (χ0) is 12.4. The van der Waals surface area contributed by atoms with Crippen molar-refractivity contribution >= 4 is 0 Å². The molecule has 17 heavy (non-hydrogen) atoms. The molecule has 0 aliphatic carbocycles. The molecule has 1 aromatic carbocycles. The average Bonchev–Trinajstić information content (AvgIpc) is 2.72. The van der Waals surface area contributed by atoms with Crippen LogP contribution in [0.3, 0.4) is 0 Å². The lowest BCUT2D eigenvalue weighted by atomic mass is 10.0. The molecule has 1 aromatic heterocycles. The van der Waals surface area contributed by atoms with E-state index in [9.17, 15) is 0 Å². The van der Waals surface area contributed by atoms with Crippen molar-refractivity contribution in [1.29, 1.82) is 0 Å². The molecule has 0 radical (unpaired) electrons. The van der Waals surface area contributed by atoms with E-state index >= 15 is 0 Å². The maximum atomic E-state index is 5.67. The molecule has 0 spiro atoms. The van der Waals surface area contributed by atoms with Crippen LogP contribution in [-0.4, -0.2) is 9.97 Å². The van der Waals surface area contributed by atoms with Gasteiger partial charge in [-0.05, 0) is 31.5 Å². The molecule has 0 atom stereocenters. The lowest BCUT2D eigenvalue weighted by Gasteiger charge is -2.16. The fourth-order valence-corrected chi connectivity index (χ4v) is 1.96. The first-order valence-corrected chi connectivity index (χ1v) is 6.03. The number of aromatic nitrogens is 2. The Morgan fingerprint density at radius 1 is 1.24 bits per heavy atom. The maximum Gasteiger partial charge on any atom is 0.130 e. The summed E-state index contributed by atoms with van der Waals surface area (Å²) in [6.07, 6.45) is 0. The monoisotopic (exact) mass is 230 g/mol. The standard InChI is InChI=1S/C12H12N2O.C2H6/c1-7-3-4-9-11(5-7)15-6-10-12(9)14-8(2)13-10;1-2/h3-5H,6H2,1-2H3,(H,13,14);1-2H3. The molecule has 0 saturated carbocycles. The molecule has 0 amide bonds. The summed E-state index contributed by atoms with van der Waals surface area (Å²) in [4.78, 5) is 7.70. The summed E-state index contributed by atoms with van der Waals surface area (Å²) in [7, 11) is 0. The van der Waals surface area contributed by atoms with Crippen molar-refractivity contribution < 1.29 is 4.74 Å². The van der Waals surface area contributed by atoms with E-state index in [1.807, 2.05) is 20.8 Å². The van der Waals surface area contributed by atoms with E-state index < -0.39 is 0 Å². The summed E-state index contributed by atoms with van der Waals surface area (Å²) in [5.41, 5.74) is 4.41. The third kappa shape index (κ3) is 2.05. The van der Waals surface area contributed by atoms with Crippen molar-refractivity contribution in [3.8, 4) is 17.0 Å². The zero-order valence-corrected chi connectivity index (χ0v) is 10.8. The Labute approximate surface area is 102 Å². The molecule has 0 unspecified atom stereocenters. The van der Waals surface area contributed by atoms with Gasteiger partial charge in [0.2, 0.25) is 0 Å². The molecule has 2 aromatic rings. The van der Waals surface area contributed by atoms with Crippen LogP contribution < -0.4 is 4.74 Å². The van der Waals surface area contributed by atoms with Crippen molar-refractivity contribution in [2.24, 2.45) is 0 Å². The van der Waals surface area contributed by atoms with Crippen LogP contribution in [0.1, 0.15) is 30.9 Å². The van der Waals surface area contributed by atoms with Crippen molar-refractivity contribution in [2.75, 3.05) is 0 Å². The van der Waals surface area contributed by atoms with E-state index in [0.29, 0.717) is 6.61 Å². The minimum absolute atomic E-state index is 0.590. The van der Waals surface area contributed by atoms with Gasteiger partial charge in [-0.25, -0.2) is 4.98 Å². The maximum absolute atomic E-state index is 5.67. The van der Waals surface area contributed by atoms with Crippen molar-refractivity contribution in [3.63, 3.8) is 0 Å². The number of nitrogens with zero attached hydrogens (tertiary/aromatic N) is 1. The zero-order valence-electron chi connectivity index (χ0n) is 10.8. The quantitative estimate of drug-likeness (QED) is 0.750. The number of aromatic amines is 1. The van der Waals surface area contributed by atoms with Crippen LogP contribution in [0.2, 0.25) is 0 Å². The molecule has 0 fully saturated rings. The highest BCUT2D eigenvalue weighted by Gasteiger charge is 2.20. The van der Waals surface area contributed by atoms with Crippen LogP contribution in [-0.2, 0) is 6.61 Å². The smallest absolute Gasteiger partial charge is 0.130 e. The highest BCUT2D eigenvalue weighted by molar-refractivity contribution is 5.71. The van der Waals surface area contributed by atoms with Crippen LogP contribution >= 0.6 is 0 Å². The number of H-pyrrole nitrogens is 1. The summed E-state index contributed by atoms with van der Waals surface area (Å²) in [5.74, 6) is 1.88. The Balaban J connectivity index is 0.000000514. The number of imidazole rings is 1. The summed E-state index contributed by atoms with van der Waals surface area (Å²) in [6, 6.07) is 6.21. The Bertz CT molecular complexity index is 529. The molecule has 0 bridgehead atoms. The Morgan fingerprint density at radius 2 is 2.00 bits per heavy atom. The van der Waals surface area contributed by atoms with E-state index in [1.165, 1.54) is 5.56 Å². The van der Waals surface area contributed by atoms with E-state index in [0.717, 1.165) is 28.5 Å². The van der Waals surface area contributed by atoms with Crippen LogP contribution in [0.5, 0.6) is 5.75 Å². The molecular formula is C14H18N2O. The molecule has 0 saturated heterocycles. The number of fused-ring (bicyclic) bond motifs is 3. The van der Waals surface area contributed by atoms with E-state index in [1.54, 1.807) is 0 Å². The van der Waals surface area contributed by atoms with Crippen molar-refractivity contribution in [1.82, 2.24) is 9.97 Å². The number of rotatable bonds is 0. The SMILES string of the molecule is CC.Cc1ccc2c(c1)OCc1[nH]c(C)nc1-2. The van der Waals surface area contributed by atoms with Crippen molar-refractivity contribution in [2.45, 2.75) is 34.3 Å². The largest absolute Gasteiger partial charge is 0.487 e. The van der Waals surface area contributed by atoms with Gasteiger partial charge in [0.15, 0.2) is 0 Å². The normalized spacial score (nSPS) is 11.8. The number of benzene rings is 1. The van der Waals surface area contributed by atoms with Gasteiger partial charge < -0.3 is 9.72 Å². The van der Waals surface area contributed by atoms with Crippen LogP contribution in [0.25, 0.3) is 11.3 Å². The third-order valence-electron chi connectivity index (χ3n) is 2.66. The highest BCUT2D eigenvalue weighted by Crippen LogP contribution is 2.36. The molecule has 1 N–H and O–H groups in total. The molecule has 1 aliphatic heterocycles. The van der Waals surface area contributed by atoms with Gasteiger partial charge in [-0.1, -0.05) is 19.9 Å². The Hall–Kier alpha value is -1.77. The molecule has 90 valence electrons. The second-order valence-corrected chi connectivity index (χ2v) is 3.94. The topological polar surface area (TPSA) is 37.9 Å². The fraction of sp³-hybridized carbons (Fsp3) is 0.357. The first kappa shape index (κ1) is 11.7. The van der Waals surface area contributed by atoms with Gasteiger partial charge in [-0.15, -0.1) is 0 Å². The molecular weight excluding hydrogens is 212 g/mol. The van der Waals surface area contributed by atoms with Gasteiger partial charge in [-0.3, -0.25) is 0 Å². The second-order valence-electron chi connectivity index (χ2n) is 3.94. The second kappa shape index (κ2) is 4.62. The lowest BCUT2D eigenvalue weighted by Crippen LogP contribution is -2.05. The van der Waals surface area contributed by atoms with Gasteiger partial charge in [0.25, 0.3) is 0 Å². The van der Waals surface area contributed by atoms with E-state index in [2.05, 4.69) is 35.1 Å². The van der Waals surface area contributed by atoms with E-state index in [-0.39, 0.29) is 0 Å². The van der Waals surface area contributed by atoms with Crippen LogP contribution in [0, 0.1) is 13.8 Å². The predicted molar refractivity (Wildman–Crippen MR) is 69.2 cm³/mol. The van der Waals surface area contributed by atoms with Gasteiger partial charge >= 0.3 is 0 Å². The molecule has 1 aliphatic rings. The lowest BCUT2D eigenvalue weighted by molar-refractivity contribution is 0.297. The highest BCUT2D eigenvalue weighted by atomic mass is 16.5. The fourth-order valence-electron chi connectivity index (χ4n) is 1.96. The first-order valence-electron chi connectivity index (χ1n) is 6.03. The van der Waals surface area contributed by atoms with Crippen molar-refractivity contribution in [3.05, 3.63) is 35.3 Å². The summed E-state index contributed by atoms with van der Waals surface area (Å²) in [6.45, 7) is 8.62. The molecule has 3 nitrogen and oxygen atoms in total. The number of nitrogens with one attached hydrogen (secondary N) is 1. The van der Waals surface area contributed by atoms with Gasteiger partial charge in [-0.2, -0.15) is 0 Å². The summed E-state index contributed by atoms with van der Waals surface area (Å²) < 4.78 is 5.67.